The summed E-state index contributed by atoms with van der Waals surface area (Å²) < 4.78 is 10.8. The molecule has 1 aliphatic carbocycles. The first-order valence-electron chi connectivity index (χ1n) is 10.4. The molecule has 2 aliphatic rings. The van der Waals surface area contributed by atoms with Gasteiger partial charge in [-0.25, -0.2) is 9.98 Å². The van der Waals surface area contributed by atoms with Crippen LogP contribution >= 0.6 is 0 Å². The second kappa shape index (κ2) is 10.3. The van der Waals surface area contributed by atoms with Crippen LogP contribution in [0.25, 0.3) is 0 Å². The summed E-state index contributed by atoms with van der Waals surface area (Å²) in [6, 6.07) is 3.98. The zero-order valence-corrected chi connectivity index (χ0v) is 17.0. The maximum Gasteiger partial charge on any atom is 0.308 e. The minimum atomic E-state index is -0.104. The number of nitrogens with one attached hydrogen (secondary N) is 1. The highest BCUT2D eigenvalue weighted by Gasteiger charge is 2.27. The molecule has 1 saturated heterocycles. The lowest BCUT2D eigenvalue weighted by molar-refractivity contribution is -0.146. The SMILES string of the molecule is CCNC(=NCc1ccc(OC2CCCC2)nc1)N1CCC(C(=O)OC)CC1. The summed E-state index contributed by atoms with van der Waals surface area (Å²) in [5.41, 5.74) is 1.05. The fraction of sp³-hybridized carbons (Fsp3) is 0.667. The Hall–Kier alpha value is -2.31. The van der Waals surface area contributed by atoms with Gasteiger partial charge >= 0.3 is 5.97 Å². The van der Waals surface area contributed by atoms with E-state index in [0.717, 1.165) is 56.8 Å². The van der Waals surface area contributed by atoms with Crippen LogP contribution in [0.3, 0.4) is 0 Å². The third-order valence-corrected chi connectivity index (χ3v) is 5.46. The number of likely N-dealkylation sites (tertiary alicyclic amines) is 1. The van der Waals surface area contributed by atoms with E-state index in [1.807, 2.05) is 18.3 Å². The zero-order chi connectivity index (χ0) is 19.8. The number of pyridine rings is 1. The third kappa shape index (κ3) is 5.59. The predicted molar refractivity (Wildman–Crippen MR) is 108 cm³/mol. The van der Waals surface area contributed by atoms with Gasteiger partial charge in [-0.3, -0.25) is 4.79 Å². The third-order valence-electron chi connectivity index (χ3n) is 5.46. The van der Waals surface area contributed by atoms with Gasteiger partial charge in [0.2, 0.25) is 5.88 Å². The molecular formula is C21H32N4O3. The summed E-state index contributed by atoms with van der Waals surface area (Å²) >= 11 is 0. The maximum absolute atomic E-state index is 11.7. The van der Waals surface area contributed by atoms with Crippen LogP contribution in [0.2, 0.25) is 0 Å². The molecule has 154 valence electrons. The Bertz CT molecular complexity index is 648. The van der Waals surface area contributed by atoms with E-state index in [4.69, 9.17) is 14.5 Å². The van der Waals surface area contributed by atoms with E-state index >= 15 is 0 Å². The van der Waals surface area contributed by atoms with Gasteiger partial charge in [0.05, 0.1) is 19.6 Å². The number of rotatable bonds is 6. The fourth-order valence-corrected chi connectivity index (χ4v) is 3.84. The monoisotopic (exact) mass is 388 g/mol. The lowest BCUT2D eigenvalue weighted by Crippen LogP contribution is -2.46. The summed E-state index contributed by atoms with van der Waals surface area (Å²) in [6.07, 6.45) is 8.53. The molecule has 0 spiro atoms. The van der Waals surface area contributed by atoms with E-state index in [2.05, 4.69) is 22.1 Å². The summed E-state index contributed by atoms with van der Waals surface area (Å²) in [5.74, 6) is 1.49. The molecule has 3 rings (SSSR count). The summed E-state index contributed by atoms with van der Waals surface area (Å²) in [6.45, 7) is 5.04. The van der Waals surface area contributed by atoms with E-state index in [0.29, 0.717) is 18.5 Å². The number of hydrogen-bond acceptors (Lipinski definition) is 5. The number of carbonyl (C=O) groups excluding carboxylic acids is 1. The molecule has 1 aromatic rings. The van der Waals surface area contributed by atoms with E-state index < -0.39 is 0 Å². The molecule has 2 fully saturated rings. The highest BCUT2D eigenvalue weighted by molar-refractivity contribution is 5.80. The van der Waals surface area contributed by atoms with Gasteiger partial charge in [-0.1, -0.05) is 6.07 Å². The molecular weight excluding hydrogens is 356 g/mol. The molecule has 7 heteroatoms. The largest absolute Gasteiger partial charge is 0.474 e. The zero-order valence-electron chi connectivity index (χ0n) is 17.0. The van der Waals surface area contributed by atoms with Crippen molar-refractivity contribution in [2.24, 2.45) is 10.9 Å². The topological polar surface area (TPSA) is 76.1 Å². The highest BCUT2D eigenvalue weighted by Crippen LogP contribution is 2.23. The first-order valence-corrected chi connectivity index (χ1v) is 10.4. The molecule has 0 unspecified atom stereocenters. The molecule has 7 nitrogen and oxygen atoms in total. The van der Waals surface area contributed by atoms with Crippen molar-refractivity contribution in [3.63, 3.8) is 0 Å². The number of ether oxygens (including phenoxy) is 2. The Morgan fingerprint density at radius 3 is 2.61 bits per heavy atom. The number of hydrogen-bond donors (Lipinski definition) is 1. The summed E-state index contributed by atoms with van der Waals surface area (Å²) in [5, 5.41) is 3.35. The van der Waals surface area contributed by atoms with Crippen LogP contribution in [0.4, 0.5) is 0 Å². The highest BCUT2D eigenvalue weighted by atomic mass is 16.5. The molecule has 1 aliphatic heterocycles. The van der Waals surface area contributed by atoms with Crippen molar-refractivity contribution >= 4 is 11.9 Å². The van der Waals surface area contributed by atoms with E-state index in [9.17, 15) is 4.79 Å². The number of aliphatic imine (C=N–C) groups is 1. The normalized spacial score (nSPS) is 18.9. The Kier molecular flexibility index (Phi) is 7.51. The van der Waals surface area contributed by atoms with E-state index in [1.165, 1.54) is 20.0 Å². The van der Waals surface area contributed by atoms with Gasteiger partial charge in [-0.15, -0.1) is 0 Å². The molecule has 2 heterocycles. The lowest BCUT2D eigenvalue weighted by Gasteiger charge is -2.33. The van der Waals surface area contributed by atoms with Crippen molar-refractivity contribution in [1.82, 2.24) is 15.2 Å². The van der Waals surface area contributed by atoms with Crippen molar-refractivity contribution in [1.29, 1.82) is 0 Å². The van der Waals surface area contributed by atoms with Gasteiger partial charge in [0.1, 0.15) is 6.10 Å². The van der Waals surface area contributed by atoms with Gasteiger partial charge in [0, 0.05) is 31.9 Å². The second-order valence-corrected chi connectivity index (χ2v) is 7.48. The number of nitrogens with zero attached hydrogens (tertiary/aromatic N) is 3. The summed E-state index contributed by atoms with van der Waals surface area (Å²) in [7, 11) is 1.46. The molecule has 0 amide bonds. The number of piperidine rings is 1. The van der Waals surface area contributed by atoms with Gasteiger partial charge in [-0.2, -0.15) is 0 Å². The number of esters is 1. The van der Waals surface area contributed by atoms with Crippen LogP contribution in [0.15, 0.2) is 23.3 Å². The van der Waals surface area contributed by atoms with E-state index in [-0.39, 0.29) is 11.9 Å². The van der Waals surface area contributed by atoms with Crippen molar-refractivity contribution < 1.29 is 14.3 Å². The van der Waals surface area contributed by atoms with Crippen molar-refractivity contribution in [3.05, 3.63) is 23.9 Å². The smallest absolute Gasteiger partial charge is 0.308 e. The first kappa shape index (κ1) is 20.4. The standard InChI is InChI=1S/C21H32N4O3/c1-3-22-21(25-12-10-17(11-13-25)20(26)27-2)24-15-16-8-9-19(23-14-16)28-18-6-4-5-7-18/h8-9,14,17-18H,3-7,10-13,15H2,1-2H3,(H,22,24). The quantitative estimate of drug-likeness (QED) is 0.459. The van der Waals surface area contributed by atoms with Crippen LogP contribution < -0.4 is 10.1 Å². The second-order valence-electron chi connectivity index (χ2n) is 7.48. The number of guanidine groups is 1. The van der Waals surface area contributed by atoms with E-state index in [1.54, 1.807) is 0 Å². The maximum atomic E-state index is 11.7. The molecule has 1 N–H and O–H groups in total. The average Bonchev–Trinajstić information content (AvgIpc) is 3.25. The van der Waals surface area contributed by atoms with Crippen molar-refractivity contribution in [2.45, 2.75) is 58.1 Å². The van der Waals surface area contributed by atoms with Gasteiger partial charge in [0.25, 0.3) is 0 Å². The molecule has 0 bridgehead atoms. The van der Waals surface area contributed by atoms with Gasteiger partial charge in [-0.05, 0) is 51.0 Å². The van der Waals surface area contributed by atoms with Crippen LogP contribution in [0, 0.1) is 5.92 Å². The van der Waals surface area contributed by atoms with Crippen LogP contribution in [0.1, 0.15) is 51.0 Å². The van der Waals surface area contributed by atoms with Crippen molar-refractivity contribution in [2.75, 3.05) is 26.7 Å². The minimum Gasteiger partial charge on any atom is -0.474 e. The number of aromatic nitrogens is 1. The fourth-order valence-electron chi connectivity index (χ4n) is 3.84. The Morgan fingerprint density at radius 2 is 2.00 bits per heavy atom. The molecule has 1 aromatic heterocycles. The number of methoxy groups -OCH3 is 1. The first-order chi connectivity index (χ1) is 13.7. The van der Waals surface area contributed by atoms with Crippen molar-refractivity contribution in [3.8, 4) is 5.88 Å². The van der Waals surface area contributed by atoms with Crippen LogP contribution in [-0.4, -0.2) is 54.7 Å². The van der Waals surface area contributed by atoms with Gasteiger partial charge < -0.3 is 19.7 Å². The van der Waals surface area contributed by atoms with Crippen LogP contribution in [0.5, 0.6) is 5.88 Å². The number of carbonyl (C=O) groups is 1. The minimum absolute atomic E-state index is 0.000684. The Labute approximate surface area is 167 Å². The Morgan fingerprint density at radius 1 is 1.25 bits per heavy atom. The summed E-state index contributed by atoms with van der Waals surface area (Å²) in [4.78, 5) is 23.1. The molecule has 0 radical (unpaired) electrons. The van der Waals surface area contributed by atoms with Gasteiger partial charge in [0.15, 0.2) is 5.96 Å². The Balaban J connectivity index is 1.54. The molecule has 0 atom stereocenters. The molecule has 28 heavy (non-hydrogen) atoms. The molecule has 1 saturated carbocycles. The molecule has 0 aromatic carbocycles. The average molecular weight is 389 g/mol. The van der Waals surface area contributed by atoms with Crippen LogP contribution in [-0.2, 0) is 16.1 Å². The predicted octanol–water partition coefficient (Wildman–Crippen LogP) is 2.75. The lowest BCUT2D eigenvalue weighted by atomic mass is 9.97.